The van der Waals surface area contributed by atoms with Gasteiger partial charge in [0, 0.05) is 18.7 Å². The second-order valence-electron chi connectivity index (χ2n) is 6.90. The first-order chi connectivity index (χ1) is 12.5. The highest BCUT2D eigenvalue weighted by molar-refractivity contribution is 7.71. The van der Waals surface area contributed by atoms with Gasteiger partial charge in [-0.05, 0) is 68.9 Å². The lowest BCUT2D eigenvalue weighted by atomic mass is 10.00. The number of carbonyl (C=O) groups excluding carboxylic acids is 1. The molecule has 0 spiro atoms. The molecule has 6 nitrogen and oxygen atoms in total. The van der Waals surface area contributed by atoms with E-state index in [4.69, 9.17) is 12.2 Å². The first-order valence-electron chi connectivity index (χ1n) is 9.24. The third-order valence-electron chi connectivity index (χ3n) is 5.22. The van der Waals surface area contributed by atoms with Crippen LogP contribution in [-0.2, 0) is 6.54 Å². The van der Waals surface area contributed by atoms with Gasteiger partial charge < -0.3 is 15.4 Å². The summed E-state index contributed by atoms with van der Waals surface area (Å²) in [6.07, 6.45) is 4.68. The van der Waals surface area contributed by atoms with E-state index in [1.54, 1.807) is 18.2 Å². The standard InChI is InChI=1S/C19H25N3O3S/c1-2-22-18(25)14-9-8-13(11-15(14)21-19(22)26)17(24)20-10-4-6-12-5-3-7-16(12)23/h8-9,11-12,16,23H,2-7,10H2,1H3,(H,20,24)(H,21,26)/t12-,16-/m0/s1. The molecule has 0 radical (unpaired) electrons. The van der Waals surface area contributed by atoms with Gasteiger partial charge in [-0.1, -0.05) is 6.42 Å². The molecule has 1 aliphatic rings. The van der Waals surface area contributed by atoms with Gasteiger partial charge in [-0.2, -0.15) is 0 Å². The number of aromatic nitrogens is 2. The molecule has 2 atom stereocenters. The molecular formula is C19H25N3O3S. The molecule has 1 amide bonds. The van der Waals surface area contributed by atoms with Gasteiger partial charge >= 0.3 is 0 Å². The number of carbonyl (C=O) groups is 1. The van der Waals surface area contributed by atoms with Crippen LogP contribution in [0.1, 0.15) is 49.4 Å². The third kappa shape index (κ3) is 3.88. The molecule has 1 heterocycles. The highest BCUT2D eigenvalue weighted by Crippen LogP contribution is 2.28. The van der Waals surface area contributed by atoms with Crippen LogP contribution < -0.4 is 10.9 Å². The van der Waals surface area contributed by atoms with E-state index in [2.05, 4.69) is 10.3 Å². The Morgan fingerprint density at radius 1 is 1.42 bits per heavy atom. The van der Waals surface area contributed by atoms with Crippen molar-refractivity contribution >= 4 is 29.0 Å². The molecule has 0 aliphatic heterocycles. The van der Waals surface area contributed by atoms with Gasteiger partial charge in [0.05, 0.1) is 17.0 Å². The molecule has 0 bridgehead atoms. The number of nitrogens with zero attached hydrogens (tertiary/aromatic N) is 1. The smallest absolute Gasteiger partial charge is 0.262 e. The van der Waals surface area contributed by atoms with Crippen molar-refractivity contribution in [3.63, 3.8) is 0 Å². The fourth-order valence-electron chi connectivity index (χ4n) is 3.71. The Hall–Kier alpha value is -1.99. The molecule has 0 unspecified atom stereocenters. The van der Waals surface area contributed by atoms with Crippen molar-refractivity contribution in [2.75, 3.05) is 6.54 Å². The summed E-state index contributed by atoms with van der Waals surface area (Å²) in [7, 11) is 0. The minimum atomic E-state index is -0.179. The summed E-state index contributed by atoms with van der Waals surface area (Å²) in [6.45, 7) is 2.94. The molecule has 140 valence electrons. The zero-order chi connectivity index (χ0) is 18.7. The van der Waals surface area contributed by atoms with Crippen molar-refractivity contribution in [2.24, 2.45) is 5.92 Å². The monoisotopic (exact) mass is 375 g/mol. The van der Waals surface area contributed by atoms with E-state index in [1.807, 2.05) is 6.92 Å². The highest BCUT2D eigenvalue weighted by atomic mass is 32.1. The molecule has 0 saturated heterocycles. The number of aliphatic hydroxyl groups is 1. The van der Waals surface area contributed by atoms with E-state index < -0.39 is 0 Å². The summed E-state index contributed by atoms with van der Waals surface area (Å²) >= 11 is 5.21. The SMILES string of the molecule is CCn1c(=S)[nH]c2cc(C(=O)NCCC[C@@H]3CCC[C@@H]3O)ccc2c1=O. The summed E-state index contributed by atoms with van der Waals surface area (Å²) in [5, 5.41) is 13.3. The lowest BCUT2D eigenvalue weighted by molar-refractivity contribution is 0.0950. The summed E-state index contributed by atoms with van der Waals surface area (Å²) in [5.74, 6) is 0.200. The lowest BCUT2D eigenvalue weighted by Gasteiger charge is -2.14. The van der Waals surface area contributed by atoms with Gasteiger partial charge in [0.25, 0.3) is 11.5 Å². The number of nitrogens with one attached hydrogen (secondary N) is 2. The average Bonchev–Trinajstić information content (AvgIpc) is 3.03. The van der Waals surface area contributed by atoms with Crippen molar-refractivity contribution in [1.82, 2.24) is 14.9 Å². The normalized spacial score (nSPS) is 19.8. The fourth-order valence-corrected chi connectivity index (χ4v) is 4.03. The molecule has 26 heavy (non-hydrogen) atoms. The number of amides is 1. The number of aliphatic hydroxyl groups excluding tert-OH is 1. The first kappa shape index (κ1) is 18.8. The number of H-pyrrole nitrogens is 1. The molecular weight excluding hydrogens is 350 g/mol. The zero-order valence-electron chi connectivity index (χ0n) is 15.0. The summed E-state index contributed by atoms with van der Waals surface area (Å²) in [5.41, 5.74) is 0.928. The quantitative estimate of drug-likeness (QED) is 0.535. The number of hydrogen-bond acceptors (Lipinski definition) is 4. The van der Waals surface area contributed by atoms with Crippen molar-refractivity contribution in [1.29, 1.82) is 0 Å². The van der Waals surface area contributed by atoms with Crippen molar-refractivity contribution in [2.45, 2.75) is 51.7 Å². The molecule has 3 N–H and O–H groups in total. The van der Waals surface area contributed by atoms with Crippen LogP contribution in [0.4, 0.5) is 0 Å². The van der Waals surface area contributed by atoms with Gasteiger partial charge in [0.1, 0.15) is 0 Å². The zero-order valence-corrected chi connectivity index (χ0v) is 15.8. The van der Waals surface area contributed by atoms with E-state index in [0.717, 1.165) is 32.1 Å². The minimum absolute atomic E-state index is 0.145. The van der Waals surface area contributed by atoms with Gasteiger partial charge in [-0.25, -0.2) is 0 Å². The van der Waals surface area contributed by atoms with Crippen LogP contribution in [0.5, 0.6) is 0 Å². The minimum Gasteiger partial charge on any atom is -0.393 e. The first-order valence-corrected chi connectivity index (χ1v) is 9.65. The number of hydrogen-bond donors (Lipinski definition) is 3. The molecule has 3 rings (SSSR count). The van der Waals surface area contributed by atoms with Gasteiger partial charge in [-0.15, -0.1) is 0 Å². The van der Waals surface area contributed by atoms with Crippen LogP contribution in [0.25, 0.3) is 10.9 Å². The third-order valence-corrected chi connectivity index (χ3v) is 5.54. The molecule has 1 aromatic carbocycles. The summed E-state index contributed by atoms with van der Waals surface area (Å²) in [6, 6.07) is 5.00. The predicted molar refractivity (Wildman–Crippen MR) is 104 cm³/mol. The van der Waals surface area contributed by atoms with E-state index in [1.165, 1.54) is 4.57 Å². The maximum absolute atomic E-state index is 12.4. The maximum atomic E-state index is 12.4. The maximum Gasteiger partial charge on any atom is 0.262 e. The molecule has 1 saturated carbocycles. The number of aromatic amines is 1. The topological polar surface area (TPSA) is 87.1 Å². The fraction of sp³-hybridized carbons (Fsp3) is 0.526. The Balaban J connectivity index is 1.65. The Morgan fingerprint density at radius 3 is 2.92 bits per heavy atom. The predicted octanol–water partition coefficient (Wildman–Crippen LogP) is 2.75. The van der Waals surface area contributed by atoms with E-state index in [-0.39, 0.29) is 17.6 Å². The Morgan fingerprint density at radius 2 is 2.23 bits per heavy atom. The van der Waals surface area contributed by atoms with Gasteiger partial charge in [-0.3, -0.25) is 14.2 Å². The van der Waals surface area contributed by atoms with Crippen LogP contribution in [0.3, 0.4) is 0 Å². The second kappa shape index (κ2) is 8.14. The number of rotatable bonds is 6. The van der Waals surface area contributed by atoms with Crippen molar-refractivity contribution in [3.8, 4) is 0 Å². The van der Waals surface area contributed by atoms with Crippen LogP contribution in [0, 0.1) is 10.7 Å². The van der Waals surface area contributed by atoms with Gasteiger partial charge in [0.15, 0.2) is 4.77 Å². The number of fused-ring (bicyclic) bond motifs is 1. The molecule has 2 aromatic rings. The van der Waals surface area contributed by atoms with E-state index in [9.17, 15) is 14.7 Å². The van der Waals surface area contributed by atoms with Gasteiger partial charge in [0.2, 0.25) is 0 Å². The number of benzene rings is 1. The Kier molecular flexibility index (Phi) is 5.88. The van der Waals surface area contributed by atoms with Crippen LogP contribution in [0.2, 0.25) is 0 Å². The van der Waals surface area contributed by atoms with E-state index >= 15 is 0 Å². The largest absolute Gasteiger partial charge is 0.393 e. The van der Waals surface area contributed by atoms with Crippen LogP contribution in [0.15, 0.2) is 23.0 Å². The van der Waals surface area contributed by atoms with Crippen molar-refractivity contribution in [3.05, 3.63) is 38.9 Å². The molecule has 1 aromatic heterocycles. The lowest BCUT2D eigenvalue weighted by Crippen LogP contribution is -2.26. The summed E-state index contributed by atoms with van der Waals surface area (Å²) in [4.78, 5) is 27.8. The molecule has 7 heteroatoms. The van der Waals surface area contributed by atoms with Crippen LogP contribution in [-0.4, -0.2) is 33.2 Å². The highest BCUT2D eigenvalue weighted by Gasteiger charge is 2.24. The molecule has 1 aliphatic carbocycles. The Labute approximate surface area is 157 Å². The average molecular weight is 375 g/mol. The second-order valence-corrected chi connectivity index (χ2v) is 7.28. The Bertz CT molecular complexity index is 918. The van der Waals surface area contributed by atoms with Crippen molar-refractivity contribution < 1.29 is 9.90 Å². The molecule has 1 fully saturated rings. The summed E-state index contributed by atoms with van der Waals surface area (Å²) < 4.78 is 1.85. The van der Waals surface area contributed by atoms with E-state index in [0.29, 0.717) is 40.2 Å². The van der Waals surface area contributed by atoms with Crippen LogP contribution >= 0.6 is 12.2 Å².